The first-order chi connectivity index (χ1) is 9.56. The lowest BCUT2D eigenvalue weighted by Gasteiger charge is -2.15. The number of fused-ring (bicyclic) bond motifs is 1. The molecule has 1 saturated carbocycles. The number of nitrogens with one attached hydrogen (secondary N) is 1. The van der Waals surface area contributed by atoms with Crippen LogP contribution < -0.4 is 11.1 Å². The first kappa shape index (κ1) is 12.7. The molecule has 1 saturated heterocycles. The molecule has 2 aliphatic rings. The van der Waals surface area contributed by atoms with Gasteiger partial charge in [-0.2, -0.15) is 0 Å². The van der Waals surface area contributed by atoms with Crippen molar-refractivity contribution in [1.29, 1.82) is 0 Å². The summed E-state index contributed by atoms with van der Waals surface area (Å²) in [5.74, 6) is -0.693. The molecule has 1 aliphatic heterocycles. The van der Waals surface area contributed by atoms with E-state index < -0.39 is 0 Å². The summed E-state index contributed by atoms with van der Waals surface area (Å²) in [5, 5.41) is 2.70. The average Bonchev–Trinajstić information content (AvgIpc) is 3.17. The smallest absolute Gasteiger partial charge is 0.233 e. The van der Waals surface area contributed by atoms with Crippen molar-refractivity contribution in [2.75, 3.05) is 17.6 Å². The number of rotatable bonds is 4. The molecule has 3 rings (SSSR count). The van der Waals surface area contributed by atoms with Gasteiger partial charge in [-0.25, -0.2) is 0 Å². The fourth-order valence-electron chi connectivity index (χ4n) is 2.47. The highest BCUT2D eigenvalue weighted by atomic mass is 16.2. The molecule has 2 atom stereocenters. The fourth-order valence-corrected chi connectivity index (χ4v) is 2.47. The Morgan fingerprint density at radius 2 is 1.80 bits per heavy atom. The van der Waals surface area contributed by atoms with Gasteiger partial charge in [-0.05, 0) is 30.7 Å². The normalized spacial score (nSPS) is 23.7. The zero-order chi connectivity index (χ0) is 14.3. The maximum absolute atomic E-state index is 11.8. The minimum Gasteiger partial charge on any atom is -0.399 e. The number of piperidine rings is 1. The highest BCUT2D eigenvalue weighted by Gasteiger charge is 2.58. The number of carbonyl (C=O) groups is 3. The van der Waals surface area contributed by atoms with Gasteiger partial charge in [0.1, 0.15) is 0 Å². The highest BCUT2D eigenvalue weighted by molar-refractivity contribution is 6.09. The Morgan fingerprint density at radius 1 is 1.20 bits per heavy atom. The molecule has 20 heavy (non-hydrogen) atoms. The maximum atomic E-state index is 11.8. The van der Waals surface area contributed by atoms with Gasteiger partial charge in [0.15, 0.2) is 0 Å². The standard InChI is InChI=1S/C14H15N3O3/c15-8-1-3-9(4-2-8)16-12(18)5-6-17-13(19)10-7-11(10)14(17)20/h1-4,10-11H,5-7,15H2,(H,16,18). The molecule has 6 heteroatoms. The molecular formula is C14H15N3O3. The van der Waals surface area contributed by atoms with Gasteiger partial charge >= 0.3 is 0 Å². The van der Waals surface area contributed by atoms with Crippen LogP contribution in [0.4, 0.5) is 11.4 Å². The number of hydrogen-bond acceptors (Lipinski definition) is 4. The molecule has 0 bridgehead atoms. The molecule has 2 fully saturated rings. The van der Waals surface area contributed by atoms with Crippen LogP contribution in [-0.4, -0.2) is 29.2 Å². The third-order valence-electron chi connectivity index (χ3n) is 3.71. The second kappa shape index (κ2) is 4.63. The monoisotopic (exact) mass is 273 g/mol. The Kier molecular flexibility index (Phi) is 2.93. The number of carbonyl (C=O) groups excluding carboxylic acids is 3. The molecule has 0 spiro atoms. The van der Waals surface area contributed by atoms with E-state index in [9.17, 15) is 14.4 Å². The van der Waals surface area contributed by atoms with Crippen LogP contribution >= 0.6 is 0 Å². The van der Waals surface area contributed by atoms with E-state index in [0.29, 0.717) is 17.8 Å². The predicted molar refractivity (Wildman–Crippen MR) is 72.4 cm³/mol. The highest BCUT2D eigenvalue weighted by Crippen LogP contribution is 2.46. The second-order valence-corrected chi connectivity index (χ2v) is 5.20. The third-order valence-corrected chi connectivity index (χ3v) is 3.71. The van der Waals surface area contributed by atoms with Crippen molar-refractivity contribution in [3.63, 3.8) is 0 Å². The van der Waals surface area contributed by atoms with Crippen LogP contribution in [0.2, 0.25) is 0 Å². The zero-order valence-electron chi connectivity index (χ0n) is 10.8. The van der Waals surface area contributed by atoms with E-state index >= 15 is 0 Å². The summed E-state index contributed by atoms with van der Waals surface area (Å²) in [7, 11) is 0. The molecule has 1 aliphatic carbocycles. The van der Waals surface area contributed by atoms with Crippen molar-refractivity contribution in [3.05, 3.63) is 24.3 Å². The van der Waals surface area contributed by atoms with E-state index in [1.165, 1.54) is 4.90 Å². The van der Waals surface area contributed by atoms with Gasteiger partial charge < -0.3 is 11.1 Å². The van der Waals surface area contributed by atoms with Crippen molar-refractivity contribution < 1.29 is 14.4 Å². The van der Waals surface area contributed by atoms with Crippen molar-refractivity contribution in [2.45, 2.75) is 12.8 Å². The summed E-state index contributed by atoms with van der Waals surface area (Å²) in [5.41, 5.74) is 6.82. The van der Waals surface area contributed by atoms with Crippen LogP contribution in [0.25, 0.3) is 0 Å². The Bertz CT molecular complexity index is 562. The van der Waals surface area contributed by atoms with Crippen LogP contribution in [0.1, 0.15) is 12.8 Å². The Balaban J connectivity index is 1.51. The van der Waals surface area contributed by atoms with Crippen molar-refractivity contribution in [1.82, 2.24) is 4.90 Å². The topological polar surface area (TPSA) is 92.5 Å². The first-order valence-electron chi connectivity index (χ1n) is 6.57. The number of benzene rings is 1. The average molecular weight is 273 g/mol. The number of nitrogen functional groups attached to an aromatic ring is 1. The summed E-state index contributed by atoms with van der Waals surface area (Å²) in [6.45, 7) is 0.158. The summed E-state index contributed by atoms with van der Waals surface area (Å²) in [6, 6.07) is 6.79. The van der Waals surface area contributed by atoms with Gasteiger partial charge in [-0.1, -0.05) is 0 Å². The third kappa shape index (κ3) is 2.24. The maximum Gasteiger partial charge on any atom is 0.233 e. The van der Waals surface area contributed by atoms with Crippen LogP contribution in [0.3, 0.4) is 0 Å². The largest absolute Gasteiger partial charge is 0.399 e. The van der Waals surface area contributed by atoms with Gasteiger partial charge in [0.25, 0.3) is 0 Å². The van der Waals surface area contributed by atoms with Crippen molar-refractivity contribution in [2.24, 2.45) is 11.8 Å². The molecule has 3 amide bonds. The van der Waals surface area contributed by atoms with Crippen molar-refractivity contribution >= 4 is 29.1 Å². The lowest BCUT2D eigenvalue weighted by atomic mass is 10.2. The van der Waals surface area contributed by atoms with Crippen LogP contribution in [-0.2, 0) is 14.4 Å². The molecule has 2 unspecified atom stereocenters. The van der Waals surface area contributed by atoms with Crippen molar-refractivity contribution in [3.8, 4) is 0 Å². The quantitative estimate of drug-likeness (QED) is 0.620. The molecule has 3 N–H and O–H groups in total. The number of hydrogen-bond donors (Lipinski definition) is 2. The number of amides is 3. The van der Waals surface area contributed by atoms with Gasteiger partial charge in [0, 0.05) is 24.3 Å². The van der Waals surface area contributed by atoms with Gasteiger partial charge in [-0.3, -0.25) is 19.3 Å². The fraction of sp³-hybridized carbons (Fsp3) is 0.357. The summed E-state index contributed by atoms with van der Waals surface area (Å²) in [4.78, 5) is 36.4. The lowest BCUT2D eigenvalue weighted by molar-refractivity contribution is -0.141. The zero-order valence-corrected chi connectivity index (χ0v) is 10.8. The van der Waals surface area contributed by atoms with Gasteiger partial charge in [0.2, 0.25) is 17.7 Å². The van der Waals surface area contributed by atoms with E-state index in [2.05, 4.69) is 5.32 Å². The van der Waals surface area contributed by atoms with Crippen LogP contribution in [0.5, 0.6) is 0 Å². The number of anilines is 2. The molecule has 1 heterocycles. The summed E-state index contributed by atoms with van der Waals surface area (Å²) >= 11 is 0. The first-order valence-corrected chi connectivity index (χ1v) is 6.57. The van der Waals surface area contributed by atoms with E-state index in [4.69, 9.17) is 5.73 Å². The number of nitrogens with zero attached hydrogens (tertiary/aromatic N) is 1. The molecule has 0 radical (unpaired) electrons. The predicted octanol–water partition coefficient (Wildman–Crippen LogP) is 0.602. The van der Waals surface area contributed by atoms with E-state index in [-0.39, 0.29) is 42.5 Å². The van der Waals surface area contributed by atoms with Gasteiger partial charge in [-0.15, -0.1) is 0 Å². The summed E-state index contributed by atoms with van der Waals surface area (Å²) < 4.78 is 0. The SMILES string of the molecule is Nc1ccc(NC(=O)CCN2C(=O)C3CC3C2=O)cc1. The number of nitrogens with two attached hydrogens (primary N) is 1. The molecule has 104 valence electrons. The Hall–Kier alpha value is -2.37. The molecule has 1 aromatic rings. The summed E-state index contributed by atoms with van der Waals surface area (Å²) in [6.07, 6.45) is 0.799. The Labute approximate surface area is 115 Å². The molecule has 6 nitrogen and oxygen atoms in total. The number of imide groups is 1. The lowest BCUT2D eigenvalue weighted by Crippen LogP contribution is -2.35. The minimum atomic E-state index is -0.226. The van der Waals surface area contributed by atoms with E-state index in [1.807, 2.05) is 0 Å². The van der Waals surface area contributed by atoms with Crippen LogP contribution in [0.15, 0.2) is 24.3 Å². The molecule has 1 aromatic carbocycles. The second-order valence-electron chi connectivity index (χ2n) is 5.20. The van der Waals surface area contributed by atoms with E-state index in [0.717, 1.165) is 0 Å². The van der Waals surface area contributed by atoms with E-state index in [1.54, 1.807) is 24.3 Å². The van der Waals surface area contributed by atoms with Gasteiger partial charge in [0.05, 0.1) is 11.8 Å². The number of likely N-dealkylation sites (tertiary alicyclic amines) is 1. The van der Waals surface area contributed by atoms with Crippen LogP contribution in [0, 0.1) is 11.8 Å². The molecular weight excluding hydrogens is 258 g/mol. The Morgan fingerprint density at radius 3 is 2.40 bits per heavy atom. The minimum absolute atomic E-state index is 0.109. The molecule has 0 aromatic heterocycles.